The fourth-order valence-electron chi connectivity index (χ4n) is 1.86. The van der Waals surface area contributed by atoms with Gasteiger partial charge in [0.25, 0.3) is 0 Å². The van der Waals surface area contributed by atoms with E-state index in [1.54, 1.807) is 24.3 Å². The Morgan fingerprint density at radius 3 is 2.72 bits per heavy atom. The van der Waals surface area contributed by atoms with Gasteiger partial charge in [-0.25, -0.2) is 4.98 Å². The highest BCUT2D eigenvalue weighted by Gasteiger charge is 2.10. The molecule has 0 atom stereocenters. The van der Waals surface area contributed by atoms with Crippen LogP contribution in [0.15, 0.2) is 36.4 Å². The summed E-state index contributed by atoms with van der Waals surface area (Å²) in [6.45, 7) is 0. The van der Waals surface area contributed by atoms with E-state index in [0.29, 0.717) is 21.6 Å². The van der Waals surface area contributed by atoms with E-state index in [1.165, 1.54) is 0 Å². The first-order valence-electron chi connectivity index (χ1n) is 5.35. The molecular formula is C13H9Cl2N3. The largest absolute Gasteiger partial charge is 0.398 e. The minimum atomic E-state index is 0.607. The molecule has 3 rings (SSSR count). The number of fused-ring (bicyclic) bond motifs is 1. The van der Waals surface area contributed by atoms with Gasteiger partial charge in [-0.2, -0.15) is 0 Å². The van der Waals surface area contributed by atoms with Crippen LogP contribution in [0.1, 0.15) is 0 Å². The Balaban J connectivity index is 2.26. The standard InChI is InChI=1S/C13H9Cl2N3/c14-7-4-5-10(16)8(6-7)13-17-11-3-1-2-9(15)12(11)18-13/h1-6H,16H2,(H,17,18). The minimum absolute atomic E-state index is 0.607. The Morgan fingerprint density at radius 2 is 1.94 bits per heavy atom. The zero-order valence-corrected chi connectivity index (χ0v) is 10.8. The number of anilines is 1. The Bertz CT molecular complexity index is 734. The summed E-state index contributed by atoms with van der Waals surface area (Å²) >= 11 is 12.1. The SMILES string of the molecule is Nc1ccc(Cl)cc1-c1nc2c(Cl)cccc2[nH]1. The van der Waals surface area contributed by atoms with Gasteiger partial charge in [0.15, 0.2) is 0 Å². The molecule has 0 fully saturated rings. The molecule has 1 heterocycles. The number of aromatic nitrogens is 2. The lowest BCUT2D eigenvalue weighted by Gasteiger charge is -2.02. The number of nitrogens with zero attached hydrogens (tertiary/aromatic N) is 1. The first-order valence-corrected chi connectivity index (χ1v) is 6.10. The summed E-state index contributed by atoms with van der Waals surface area (Å²) in [5.41, 5.74) is 8.92. The molecule has 0 aliphatic carbocycles. The van der Waals surface area contributed by atoms with Crippen LogP contribution in [0.2, 0.25) is 10.0 Å². The maximum Gasteiger partial charge on any atom is 0.140 e. The molecular weight excluding hydrogens is 269 g/mol. The van der Waals surface area contributed by atoms with Crippen LogP contribution in [0.25, 0.3) is 22.4 Å². The van der Waals surface area contributed by atoms with Crippen LogP contribution < -0.4 is 5.73 Å². The molecule has 0 aliphatic rings. The molecule has 5 heteroatoms. The van der Waals surface area contributed by atoms with E-state index >= 15 is 0 Å². The van der Waals surface area contributed by atoms with Crippen LogP contribution in [-0.4, -0.2) is 9.97 Å². The van der Waals surface area contributed by atoms with Gasteiger partial charge in [-0.3, -0.25) is 0 Å². The molecule has 3 N–H and O–H groups in total. The number of hydrogen-bond acceptors (Lipinski definition) is 2. The molecule has 0 unspecified atom stereocenters. The van der Waals surface area contributed by atoms with Crippen molar-refractivity contribution < 1.29 is 0 Å². The van der Waals surface area contributed by atoms with Gasteiger partial charge >= 0.3 is 0 Å². The molecule has 0 radical (unpaired) electrons. The van der Waals surface area contributed by atoms with Crippen molar-refractivity contribution in [3.8, 4) is 11.4 Å². The zero-order chi connectivity index (χ0) is 12.7. The number of para-hydroxylation sites is 1. The van der Waals surface area contributed by atoms with Crippen LogP contribution in [0, 0.1) is 0 Å². The summed E-state index contributed by atoms with van der Waals surface area (Å²) in [5, 5.41) is 1.22. The second-order valence-corrected chi connectivity index (χ2v) is 4.80. The third-order valence-corrected chi connectivity index (χ3v) is 3.27. The van der Waals surface area contributed by atoms with Gasteiger partial charge in [-0.05, 0) is 30.3 Å². The molecule has 0 aliphatic heterocycles. The van der Waals surface area contributed by atoms with E-state index < -0.39 is 0 Å². The Morgan fingerprint density at radius 1 is 1.11 bits per heavy atom. The smallest absolute Gasteiger partial charge is 0.140 e. The lowest BCUT2D eigenvalue weighted by atomic mass is 10.2. The van der Waals surface area contributed by atoms with E-state index in [9.17, 15) is 0 Å². The maximum absolute atomic E-state index is 6.09. The van der Waals surface area contributed by atoms with Crippen LogP contribution in [-0.2, 0) is 0 Å². The number of imidazole rings is 1. The van der Waals surface area contributed by atoms with Gasteiger partial charge in [-0.15, -0.1) is 0 Å². The highest BCUT2D eigenvalue weighted by atomic mass is 35.5. The van der Waals surface area contributed by atoms with E-state index in [4.69, 9.17) is 28.9 Å². The van der Waals surface area contributed by atoms with Gasteiger partial charge < -0.3 is 10.7 Å². The lowest BCUT2D eigenvalue weighted by Crippen LogP contribution is -1.90. The zero-order valence-electron chi connectivity index (χ0n) is 9.24. The monoisotopic (exact) mass is 277 g/mol. The summed E-state index contributed by atoms with van der Waals surface area (Å²) in [5.74, 6) is 0.665. The van der Waals surface area contributed by atoms with Crippen molar-refractivity contribution in [3.63, 3.8) is 0 Å². The first-order chi connectivity index (χ1) is 8.65. The topological polar surface area (TPSA) is 54.7 Å². The van der Waals surface area contributed by atoms with Gasteiger partial charge in [0.1, 0.15) is 11.3 Å². The third-order valence-electron chi connectivity index (χ3n) is 2.73. The van der Waals surface area contributed by atoms with Crippen LogP contribution in [0.3, 0.4) is 0 Å². The second kappa shape index (κ2) is 4.19. The molecule has 3 aromatic rings. The number of halogens is 2. The first kappa shape index (κ1) is 11.4. The maximum atomic E-state index is 6.09. The third kappa shape index (κ3) is 1.82. The highest BCUT2D eigenvalue weighted by molar-refractivity contribution is 6.35. The van der Waals surface area contributed by atoms with Crippen molar-refractivity contribution in [1.82, 2.24) is 9.97 Å². The molecule has 0 amide bonds. The van der Waals surface area contributed by atoms with Crippen LogP contribution >= 0.6 is 23.2 Å². The molecule has 0 saturated carbocycles. The van der Waals surface area contributed by atoms with E-state index in [1.807, 2.05) is 12.1 Å². The second-order valence-electron chi connectivity index (χ2n) is 3.95. The molecule has 0 bridgehead atoms. The molecule has 0 spiro atoms. The predicted molar refractivity (Wildman–Crippen MR) is 76.0 cm³/mol. The summed E-state index contributed by atoms with van der Waals surface area (Å²) in [4.78, 5) is 7.64. The molecule has 90 valence electrons. The van der Waals surface area contributed by atoms with Crippen LogP contribution in [0.5, 0.6) is 0 Å². The van der Waals surface area contributed by atoms with Gasteiger partial charge in [0.05, 0.1) is 10.5 Å². The van der Waals surface area contributed by atoms with Crippen molar-refractivity contribution in [1.29, 1.82) is 0 Å². The van der Waals surface area contributed by atoms with E-state index in [2.05, 4.69) is 9.97 Å². The number of nitrogens with two attached hydrogens (primary N) is 1. The number of nitrogen functional groups attached to an aromatic ring is 1. The molecule has 0 saturated heterocycles. The highest BCUT2D eigenvalue weighted by Crippen LogP contribution is 2.30. The minimum Gasteiger partial charge on any atom is -0.398 e. The number of H-pyrrole nitrogens is 1. The normalized spacial score (nSPS) is 11.0. The number of nitrogens with one attached hydrogen (secondary N) is 1. The molecule has 2 aromatic carbocycles. The van der Waals surface area contributed by atoms with E-state index in [-0.39, 0.29) is 0 Å². The number of aromatic amines is 1. The van der Waals surface area contributed by atoms with Gasteiger partial charge in [0.2, 0.25) is 0 Å². The van der Waals surface area contributed by atoms with Crippen molar-refractivity contribution in [2.75, 3.05) is 5.73 Å². The predicted octanol–water partition coefficient (Wildman–Crippen LogP) is 4.12. The van der Waals surface area contributed by atoms with Crippen molar-refractivity contribution in [2.24, 2.45) is 0 Å². The Labute approximate surface area is 114 Å². The average molecular weight is 278 g/mol. The summed E-state index contributed by atoms with van der Waals surface area (Å²) in [6.07, 6.45) is 0. The summed E-state index contributed by atoms with van der Waals surface area (Å²) in [7, 11) is 0. The van der Waals surface area contributed by atoms with Gasteiger partial charge in [0, 0.05) is 16.3 Å². The fourth-order valence-corrected chi connectivity index (χ4v) is 2.25. The Kier molecular flexibility index (Phi) is 2.65. The molecule has 3 nitrogen and oxygen atoms in total. The average Bonchev–Trinajstić information content (AvgIpc) is 2.77. The van der Waals surface area contributed by atoms with Crippen LogP contribution in [0.4, 0.5) is 5.69 Å². The summed E-state index contributed by atoms with van der Waals surface area (Å²) in [6, 6.07) is 10.9. The lowest BCUT2D eigenvalue weighted by molar-refractivity contribution is 1.34. The molecule has 1 aromatic heterocycles. The van der Waals surface area contributed by atoms with Gasteiger partial charge in [-0.1, -0.05) is 29.3 Å². The Hall–Kier alpha value is -1.71. The van der Waals surface area contributed by atoms with Crippen molar-refractivity contribution >= 4 is 39.9 Å². The number of benzene rings is 2. The number of rotatable bonds is 1. The quantitative estimate of drug-likeness (QED) is 0.658. The molecule has 18 heavy (non-hydrogen) atoms. The summed E-state index contributed by atoms with van der Waals surface area (Å²) < 4.78 is 0. The van der Waals surface area contributed by atoms with Crippen molar-refractivity contribution in [2.45, 2.75) is 0 Å². The number of hydrogen-bond donors (Lipinski definition) is 2. The fraction of sp³-hybridized carbons (Fsp3) is 0. The van der Waals surface area contributed by atoms with E-state index in [0.717, 1.165) is 16.6 Å². The van der Waals surface area contributed by atoms with Crippen molar-refractivity contribution in [3.05, 3.63) is 46.4 Å².